The second-order valence-electron chi connectivity index (χ2n) is 3.61. The summed E-state index contributed by atoms with van der Waals surface area (Å²) >= 11 is 0. The Labute approximate surface area is 105 Å². The minimum atomic E-state index is -0.337. The average molecular weight is 247 g/mol. The number of imidazole rings is 1. The van der Waals surface area contributed by atoms with Crippen LogP contribution in [0.3, 0.4) is 0 Å². The molecule has 1 heterocycles. The van der Waals surface area contributed by atoms with Crippen LogP contribution in [0.25, 0.3) is 5.69 Å². The molecule has 0 unspecified atom stereocenters. The fourth-order valence-corrected chi connectivity index (χ4v) is 1.64. The van der Waals surface area contributed by atoms with Gasteiger partial charge in [0.2, 0.25) is 5.95 Å². The van der Waals surface area contributed by atoms with Gasteiger partial charge in [0.1, 0.15) is 11.6 Å². The summed E-state index contributed by atoms with van der Waals surface area (Å²) in [6.07, 6.45) is 5.18. The average Bonchev–Trinajstić information content (AvgIpc) is 2.84. The summed E-state index contributed by atoms with van der Waals surface area (Å²) in [6, 6.07) is 4.37. The topological polar surface area (TPSA) is 39.1 Å². The Kier molecular flexibility index (Phi) is 3.62. The minimum absolute atomic E-state index is 0.337. The van der Waals surface area contributed by atoms with Crippen LogP contribution in [-0.4, -0.2) is 23.2 Å². The number of hydrogen-bond donors (Lipinski definition) is 1. The van der Waals surface area contributed by atoms with Crippen molar-refractivity contribution in [1.82, 2.24) is 9.55 Å². The number of nitrogens with zero attached hydrogens (tertiary/aromatic N) is 2. The fourth-order valence-electron chi connectivity index (χ4n) is 1.64. The van der Waals surface area contributed by atoms with Gasteiger partial charge in [0, 0.05) is 25.0 Å². The molecule has 0 saturated carbocycles. The molecule has 1 aromatic heterocycles. The van der Waals surface area contributed by atoms with Crippen LogP contribution in [0.5, 0.6) is 5.75 Å². The molecular formula is C13H14FN3O. The van der Waals surface area contributed by atoms with E-state index < -0.39 is 0 Å². The molecule has 94 valence electrons. The third-order valence-corrected chi connectivity index (χ3v) is 2.45. The SMILES string of the molecule is C=CCNc1nccn1-c1ccc(F)cc1OC. The van der Waals surface area contributed by atoms with Crippen molar-refractivity contribution in [3.05, 3.63) is 49.1 Å². The van der Waals surface area contributed by atoms with E-state index in [4.69, 9.17) is 4.74 Å². The van der Waals surface area contributed by atoms with E-state index in [-0.39, 0.29) is 5.82 Å². The molecule has 5 heteroatoms. The van der Waals surface area contributed by atoms with Gasteiger partial charge in [-0.2, -0.15) is 0 Å². The highest BCUT2D eigenvalue weighted by Gasteiger charge is 2.10. The summed E-state index contributed by atoms with van der Waals surface area (Å²) in [7, 11) is 1.51. The number of benzene rings is 1. The number of rotatable bonds is 5. The van der Waals surface area contributed by atoms with Gasteiger partial charge < -0.3 is 10.1 Å². The molecule has 18 heavy (non-hydrogen) atoms. The van der Waals surface area contributed by atoms with Crippen LogP contribution in [0.2, 0.25) is 0 Å². The maximum Gasteiger partial charge on any atom is 0.207 e. The molecule has 0 amide bonds. The lowest BCUT2D eigenvalue weighted by molar-refractivity contribution is 0.409. The summed E-state index contributed by atoms with van der Waals surface area (Å²) in [6.45, 7) is 4.23. The van der Waals surface area contributed by atoms with Crippen molar-refractivity contribution in [3.63, 3.8) is 0 Å². The van der Waals surface area contributed by atoms with Crippen molar-refractivity contribution in [1.29, 1.82) is 0 Å². The number of hydrogen-bond acceptors (Lipinski definition) is 3. The van der Waals surface area contributed by atoms with Crippen LogP contribution in [0.4, 0.5) is 10.3 Å². The Morgan fingerprint density at radius 3 is 3.11 bits per heavy atom. The lowest BCUT2D eigenvalue weighted by Gasteiger charge is -2.12. The zero-order chi connectivity index (χ0) is 13.0. The number of ether oxygens (including phenoxy) is 1. The molecule has 0 spiro atoms. The van der Waals surface area contributed by atoms with Gasteiger partial charge in [-0.15, -0.1) is 6.58 Å². The lowest BCUT2D eigenvalue weighted by atomic mass is 10.3. The highest BCUT2D eigenvalue weighted by Crippen LogP contribution is 2.26. The first-order chi connectivity index (χ1) is 8.76. The molecule has 0 bridgehead atoms. The van der Waals surface area contributed by atoms with Crippen molar-refractivity contribution in [3.8, 4) is 11.4 Å². The van der Waals surface area contributed by atoms with E-state index in [0.29, 0.717) is 18.2 Å². The van der Waals surface area contributed by atoms with Crippen LogP contribution in [0.1, 0.15) is 0 Å². The minimum Gasteiger partial charge on any atom is -0.494 e. The van der Waals surface area contributed by atoms with Crippen molar-refractivity contribution in [2.75, 3.05) is 19.0 Å². The Bertz CT molecular complexity index is 551. The summed E-state index contributed by atoms with van der Waals surface area (Å²) in [5, 5.41) is 3.09. The first-order valence-corrected chi connectivity index (χ1v) is 5.48. The third-order valence-electron chi connectivity index (χ3n) is 2.45. The molecule has 1 N–H and O–H groups in total. The van der Waals surface area contributed by atoms with Gasteiger partial charge in [-0.25, -0.2) is 9.37 Å². The molecule has 0 fully saturated rings. The number of methoxy groups -OCH3 is 1. The van der Waals surface area contributed by atoms with Gasteiger partial charge in [-0.1, -0.05) is 6.08 Å². The smallest absolute Gasteiger partial charge is 0.207 e. The molecule has 0 saturated heterocycles. The standard InChI is InChI=1S/C13H14FN3O/c1-3-6-15-13-16-7-8-17(13)11-5-4-10(14)9-12(11)18-2/h3-5,7-9H,1,6H2,2H3,(H,15,16). The van der Waals surface area contributed by atoms with E-state index >= 15 is 0 Å². The molecular weight excluding hydrogens is 233 g/mol. The van der Waals surface area contributed by atoms with Crippen molar-refractivity contribution < 1.29 is 9.13 Å². The predicted molar refractivity (Wildman–Crippen MR) is 68.8 cm³/mol. The van der Waals surface area contributed by atoms with Crippen LogP contribution < -0.4 is 10.1 Å². The normalized spacial score (nSPS) is 10.1. The third kappa shape index (κ3) is 2.34. The monoisotopic (exact) mass is 247 g/mol. The van der Waals surface area contributed by atoms with Crippen molar-refractivity contribution in [2.45, 2.75) is 0 Å². The molecule has 4 nitrogen and oxygen atoms in total. The van der Waals surface area contributed by atoms with E-state index in [1.165, 1.54) is 19.2 Å². The Morgan fingerprint density at radius 1 is 1.56 bits per heavy atom. The molecule has 2 aromatic rings. The molecule has 2 rings (SSSR count). The molecule has 0 aliphatic heterocycles. The van der Waals surface area contributed by atoms with E-state index in [1.807, 2.05) is 0 Å². The zero-order valence-corrected chi connectivity index (χ0v) is 10.1. The maximum atomic E-state index is 13.1. The fraction of sp³-hybridized carbons (Fsp3) is 0.154. The summed E-state index contributed by atoms with van der Waals surface area (Å²) in [5.74, 6) is 0.769. The Hall–Kier alpha value is -2.30. The summed E-state index contributed by atoms with van der Waals surface area (Å²) in [4.78, 5) is 4.18. The van der Waals surface area contributed by atoms with Crippen LogP contribution >= 0.6 is 0 Å². The van der Waals surface area contributed by atoms with E-state index in [9.17, 15) is 4.39 Å². The van der Waals surface area contributed by atoms with Crippen LogP contribution in [0.15, 0.2) is 43.2 Å². The van der Waals surface area contributed by atoms with Gasteiger partial charge in [0.15, 0.2) is 0 Å². The van der Waals surface area contributed by atoms with E-state index in [1.54, 1.807) is 29.1 Å². The molecule has 1 aromatic carbocycles. The highest BCUT2D eigenvalue weighted by molar-refractivity contribution is 5.51. The molecule has 0 aliphatic carbocycles. The van der Waals surface area contributed by atoms with Gasteiger partial charge in [-0.3, -0.25) is 4.57 Å². The van der Waals surface area contributed by atoms with Gasteiger partial charge >= 0.3 is 0 Å². The zero-order valence-electron chi connectivity index (χ0n) is 10.1. The van der Waals surface area contributed by atoms with Crippen LogP contribution in [-0.2, 0) is 0 Å². The summed E-state index contributed by atoms with van der Waals surface area (Å²) in [5.41, 5.74) is 0.725. The first kappa shape index (κ1) is 12.2. The van der Waals surface area contributed by atoms with E-state index in [0.717, 1.165) is 5.69 Å². The molecule has 0 atom stereocenters. The van der Waals surface area contributed by atoms with E-state index in [2.05, 4.69) is 16.9 Å². The van der Waals surface area contributed by atoms with Gasteiger partial charge in [0.25, 0.3) is 0 Å². The second-order valence-corrected chi connectivity index (χ2v) is 3.61. The number of halogens is 1. The largest absolute Gasteiger partial charge is 0.494 e. The van der Waals surface area contributed by atoms with Gasteiger partial charge in [-0.05, 0) is 12.1 Å². The maximum absolute atomic E-state index is 13.1. The summed E-state index contributed by atoms with van der Waals surface area (Å²) < 4.78 is 20.1. The number of nitrogens with one attached hydrogen (secondary N) is 1. The highest BCUT2D eigenvalue weighted by atomic mass is 19.1. The number of aromatic nitrogens is 2. The van der Waals surface area contributed by atoms with Crippen LogP contribution in [0, 0.1) is 5.82 Å². The van der Waals surface area contributed by atoms with Crippen molar-refractivity contribution >= 4 is 5.95 Å². The quantitative estimate of drug-likeness (QED) is 0.825. The van der Waals surface area contributed by atoms with Gasteiger partial charge in [0.05, 0.1) is 12.8 Å². The van der Waals surface area contributed by atoms with Crippen molar-refractivity contribution in [2.24, 2.45) is 0 Å². The predicted octanol–water partition coefficient (Wildman–Crippen LogP) is 2.62. The lowest BCUT2D eigenvalue weighted by Crippen LogP contribution is -2.06. The number of anilines is 1. The Balaban J connectivity index is 2.42. The Morgan fingerprint density at radius 2 is 2.39 bits per heavy atom. The first-order valence-electron chi connectivity index (χ1n) is 5.48. The molecule has 0 aliphatic rings. The molecule has 0 radical (unpaired) electrons. The second kappa shape index (κ2) is 5.35.